The first-order chi connectivity index (χ1) is 6.05. The molecule has 5 nitrogen and oxygen atoms in total. The molecule has 72 valence electrons. The van der Waals surface area contributed by atoms with E-state index in [-0.39, 0.29) is 10.6 Å². The Morgan fingerprint density at radius 2 is 2.00 bits per heavy atom. The second kappa shape index (κ2) is 3.93. The second-order valence-corrected chi connectivity index (χ2v) is 3.65. The average molecular weight is 224 g/mol. The minimum Gasteiger partial charge on any atom is -0.392 e. The molecular weight excluding hydrogens is 218 g/mol. The van der Waals surface area contributed by atoms with Crippen LogP contribution in [-0.4, -0.2) is 13.0 Å². The zero-order valence-corrected chi connectivity index (χ0v) is 7.84. The third-order valence-corrected chi connectivity index (χ3v) is 2.25. The molecule has 0 saturated heterocycles. The summed E-state index contributed by atoms with van der Waals surface area (Å²) in [6.45, 7) is 0. The van der Waals surface area contributed by atoms with Crippen molar-refractivity contribution in [2.45, 2.75) is 4.90 Å². The van der Waals surface area contributed by atoms with Crippen LogP contribution in [0.1, 0.15) is 0 Å². The van der Waals surface area contributed by atoms with Crippen LogP contribution < -0.4 is 9.84 Å². The largest absolute Gasteiger partial charge is 0.392 e. The maximum atomic E-state index is 10.7. The van der Waals surface area contributed by atoms with Gasteiger partial charge in [-0.25, -0.2) is 0 Å². The molecule has 1 aromatic rings. The van der Waals surface area contributed by atoms with E-state index >= 15 is 0 Å². The molecule has 0 heterocycles. The van der Waals surface area contributed by atoms with Crippen LogP contribution in [0.3, 0.4) is 0 Å². The maximum absolute atomic E-state index is 10.7. The molecule has 0 spiro atoms. The summed E-state index contributed by atoms with van der Waals surface area (Å²) in [4.78, 5) is 5.99. The summed E-state index contributed by atoms with van der Waals surface area (Å²) in [5, 5.41) is 0. The number of para-hydroxylation sites is 1. The first-order valence-electron chi connectivity index (χ1n) is 3.14. The van der Waals surface area contributed by atoms with Gasteiger partial charge in [0, 0.05) is 11.8 Å². The summed E-state index contributed by atoms with van der Waals surface area (Å²) in [7, 11) is -4.28. The van der Waals surface area contributed by atoms with Crippen molar-refractivity contribution in [1.82, 2.24) is 5.00 Å². The van der Waals surface area contributed by atoms with Crippen molar-refractivity contribution in [3.8, 4) is 5.75 Å². The molecule has 13 heavy (non-hydrogen) atoms. The SMILES string of the molecule is O=S(=O)(O)c1ccccc1ONCl. The fourth-order valence-electron chi connectivity index (χ4n) is 0.789. The molecule has 0 atom stereocenters. The van der Waals surface area contributed by atoms with Gasteiger partial charge in [-0.05, 0) is 12.1 Å². The molecule has 0 fully saturated rings. The number of rotatable bonds is 3. The molecule has 0 radical (unpaired) electrons. The van der Waals surface area contributed by atoms with Crippen LogP contribution in [0.25, 0.3) is 0 Å². The number of benzene rings is 1. The predicted molar refractivity (Wildman–Crippen MR) is 45.9 cm³/mol. The van der Waals surface area contributed by atoms with Gasteiger partial charge in [0.05, 0.1) is 0 Å². The lowest BCUT2D eigenvalue weighted by Crippen LogP contribution is -2.08. The third-order valence-electron chi connectivity index (χ3n) is 1.28. The van der Waals surface area contributed by atoms with Crippen LogP contribution in [0, 0.1) is 0 Å². The Bertz CT molecular complexity index is 391. The summed E-state index contributed by atoms with van der Waals surface area (Å²) in [6.07, 6.45) is 0. The molecule has 0 aromatic heterocycles. The number of hydrogen-bond donors (Lipinski definition) is 2. The van der Waals surface area contributed by atoms with E-state index in [0.29, 0.717) is 0 Å². The van der Waals surface area contributed by atoms with Gasteiger partial charge >= 0.3 is 0 Å². The molecule has 7 heteroatoms. The molecule has 0 aliphatic rings. The quantitative estimate of drug-likeness (QED) is 0.454. The Hall–Kier alpha value is -0.820. The molecule has 1 rings (SSSR count). The standard InChI is InChI=1S/C6H6ClNO4S/c7-8-12-5-3-1-2-4-6(5)13(9,10)11/h1-4,8H,(H,9,10,11). The minimum atomic E-state index is -4.28. The Balaban J connectivity index is 3.20. The normalized spacial score (nSPS) is 11.2. The molecule has 1 aromatic carbocycles. The fraction of sp³-hybridized carbons (Fsp3) is 0. The van der Waals surface area contributed by atoms with E-state index < -0.39 is 10.1 Å². The summed E-state index contributed by atoms with van der Waals surface area (Å²) in [5.41, 5.74) is 0. The van der Waals surface area contributed by atoms with Gasteiger partial charge in [-0.2, -0.15) is 8.42 Å². The topological polar surface area (TPSA) is 75.6 Å². The fourth-order valence-corrected chi connectivity index (χ4v) is 1.49. The molecule has 0 amide bonds. The average Bonchev–Trinajstić information content (AvgIpc) is 2.04. The van der Waals surface area contributed by atoms with E-state index in [1.807, 2.05) is 0 Å². The third kappa shape index (κ3) is 2.56. The summed E-state index contributed by atoms with van der Waals surface area (Å²) in [6, 6.07) is 5.53. The minimum absolute atomic E-state index is 0.0694. The summed E-state index contributed by atoms with van der Waals surface area (Å²) >= 11 is 5.01. The van der Waals surface area contributed by atoms with Crippen molar-refractivity contribution in [2.24, 2.45) is 0 Å². The van der Waals surface area contributed by atoms with Gasteiger partial charge < -0.3 is 4.84 Å². The van der Waals surface area contributed by atoms with E-state index in [0.717, 1.165) is 0 Å². The molecule has 2 N–H and O–H groups in total. The van der Waals surface area contributed by atoms with E-state index in [1.54, 1.807) is 5.00 Å². The molecule has 0 bridgehead atoms. The van der Waals surface area contributed by atoms with Crippen LogP contribution in [0.4, 0.5) is 0 Å². The van der Waals surface area contributed by atoms with Crippen molar-refractivity contribution in [3.05, 3.63) is 24.3 Å². The van der Waals surface area contributed by atoms with Crippen LogP contribution in [-0.2, 0) is 10.1 Å². The van der Waals surface area contributed by atoms with Crippen LogP contribution >= 0.6 is 11.8 Å². The highest BCUT2D eigenvalue weighted by atomic mass is 35.5. The zero-order chi connectivity index (χ0) is 9.90. The Kier molecular flexibility index (Phi) is 3.10. The van der Waals surface area contributed by atoms with Crippen molar-refractivity contribution in [3.63, 3.8) is 0 Å². The van der Waals surface area contributed by atoms with Gasteiger partial charge in [0.2, 0.25) is 0 Å². The molecule has 0 aliphatic carbocycles. The van der Waals surface area contributed by atoms with Gasteiger partial charge in [-0.15, -0.1) is 0 Å². The number of hydrogen-bond acceptors (Lipinski definition) is 4. The zero-order valence-electron chi connectivity index (χ0n) is 6.27. The molecule has 0 saturated carbocycles. The van der Waals surface area contributed by atoms with Crippen LogP contribution in [0.15, 0.2) is 29.2 Å². The van der Waals surface area contributed by atoms with E-state index in [1.165, 1.54) is 24.3 Å². The van der Waals surface area contributed by atoms with Crippen molar-refractivity contribution < 1.29 is 17.8 Å². The van der Waals surface area contributed by atoms with E-state index in [9.17, 15) is 8.42 Å². The first kappa shape index (κ1) is 10.3. The monoisotopic (exact) mass is 223 g/mol. The lowest BCUT2D eigenvalue weighted by molar-refractivity contribution is 0.269. The van der Waals surface area contributed by atoms with Crippen molar-refractivity contribution in [1.29, 1.82) is 0 Å². The Morgan fingerprint density at radius 1 is 1.38 bits per heavy atom. The van der Waals surface area contributed by atoms with Crippen molar-refractivity contribution >= 4 is 21.9 Å². The molecular formula is C6H6ClNO4S. The second-order valence-electron chi connectivity index (χ2n) is 2.10. The van der Waals surface area contributed by atoms with Crippen LogP contribution in [0.2, 0.25) is 0 Å². The highest BCUT2D eigenvalue weighted by Crippen LogP contribution is 2.21. The van der Waals surface area contributed by atoms with Crippen LogP contribution in [0.5, 0.6) is 5.75 Å². The molecule has 0 unspecified atom stereocenters. The predicted octanol–water partition coefficient (Wildman–Crippen LogP) is 0.971. The van der Waals surface area contributed by atoms with E-state index in [2.05, 4.69) is 4.84 Å². The van der Waals surface area contributed by atoms with Crippen molar-refractivity contribution in [2.75, 3.05) is 0 Å². The first-order valence-corrected chi connectivity index (χ1v) is 4.96. The van der Waals surface area contributed by atoms with Gasteiger partial charge in [0.25, 0.3) is 10.1 Å². The number of nitrogens with one attached hydrogen (secondary N) is 1. The molecule has 0 aliphatic heterocycles. The van der Waals surface area contributed by atoms with E-state index in [4.69, 9.17) is 16.3 Å². The smallest absolute Gasteiger partial charge is 0.298 e. The Labute approximate surface area is 80.1 Å². The Morgan fingerprint density at radius 3 is 2.54 bits per heavy atom. The van der Waals surface area contributed by atoms with Gasteiger partial charge in [-0.3, -0.25) is 4.55 Å². The lowest BCUT2D eigenvalue weighted by atomic mass is 10.3. The number of halogens is 1. The van der Waals surface area contributed by atoms with Gasteiger partial charge in [0.15, 0.2) is 5.75 Å². The lowest BCUT2D eigenvalue weighted by Gasteiger charge is -2.04. The maximum Gasteiger partial charge on any atom is 0.298 e. The highest BCUT2D eigenvalue weighted by Gasteiger charge is 2.15. The summed E-state index contributed by atoms with van der Waals surface area (Å²) in [5.74, 6) is -0.0694. The summed E-state index contributed by atoms with van der Waals surface area (Å²) < 4.78 is 30.2. The highest BCUT2D eigenvalue weighted by molar-refractivity contribution is 7.86. The van der Waals surface area contributed by atoms with Gasteiger partial charge in [0.1, 0.15) is 4.90 Å². The van der Waals surface area contributed by atoms with Gasteiger partial charge in [-0.1, -0.05) is 17.1 Å².